The average molecular weight is 316 g/mol. The number of anilines is 1. The Morgan fingerprint density at radius 2 is 1.83 bits per heavy atom. The number of hydrogen-bond donors (Lipinski definition) is 1. The van der Waals surface area contributed by atoms with E-state index in [1.807, 2.05) is 0 Å². The third kappa shape index (κ3) is 5.35. The number of nitrogens with zero attached hydrogens (tertiary/aromatic N) is 1. The van der Waals surface area contributed by atoms with Crippen molar-refractivity contribution in [3.05, 3.63) is 29.3 Å². The molecule has 1 aromatic rings. The van der Waals surface area contributed by atoms with E-state index < -0.39 is 0 Å². The average Bonchev–Trinajstić information content (AvgIpc) is 3.36. The molecule has 0 aliphatic heterocycles. The standard InChI is InChI=1S/C20H32N2O/c1-5-16-8-7-9-17(6-2)20(16)21-19(23)14-22(18-10-11-18)13-12-15(3)4/h7-9,15,18H,5-6,10-14H2,1-4H3,(H,21,23). The van der Waals surface area contributed by atoms with Gasteiger partial charge < -0.3 is 5.32 Å². The molecule has 0 spiro atoms. The maximum atomic E-state index is 12.6. The van der Waals surface area contributed by atoms with Gasteiger partial charge in [0.05, 0.1) is 6.54 Å². The molecule has 2 rings (SSSR count). The summed E-state index contributed by atoms with van der Waals surface area (Å²) in [7, 11) is 0. The summed E-state index contributed by atoms with van der Waals surface area (Å²) in [6.07, 6.45) is 5.55. The summed E-state index contributed by atoms with van der Waals surface area (Å²) in [6.45, 7) is 10.3. The minimum atomic E-state index is 0.135. The number of hydrogen-bond acceptors (Lipinski definition) is 2. The fourth-order valence-electron chi connectivity index (χ4n) is 3.02. The summed E-state index contributed by atoms with van der Waals surface area (Å²) in [6, 6.07) is 6.96. The van der Waals surface area contributed by atoms with Gasteiger partial charge in [0.15, 0.2) is 0 Å². The Balaban J connectivity index is 2.00. The molecule has 0 bridgehead atoms. The zero-order valence-corrected chi connectivity index (χ0v) is 15.2. The van der Waals surface area contributed by atoms with Crippen LogP contribution in [-0.4, -0.2) is 29.9 Å². The topological polar surface area (TPSA) is 32.3 Å². The van der Waals surface area contributed by atoms with Gasteiger partial charge in [-0.1, -0.05) is 45.9 Å². The first-order chi connectivity index (χ1) is 11.0. The maximum absolute atomic E-state index is 12.6. The number of benzene rings is 1. The Hall–Kier alpha value is -1.35. The van der Waals surface area contributed by atoms with E-state index in [0.717, 1.165) is 31.5 Å². The van der Waals surface area contributed by atoms with Gasteiger partial charge in [0.1, 0.15) is 0 Å². The highest BCUT2D eigenvalue weighted by Gasteiger charge is 2.30. The normalized spacial score (nSPS) is 14.5. The first-order valence-corrected chi connectivity index (χ1v) is 9.19. The molecule has 1 fully saturated rings. The van der Waals surface area contributed by atoms with Crippen LogP contribution < -0.4 is 5.32 Å². The molecule has 1 aliphatic rings. The van der Waals surface area contributed by atoms with E-state index in [2.05, 4.69) is 56.1 Å². The van der Waals surface area contributed by atoms with Crippen molar-refractivity contribution in [1.29, 1.82) is 0 Å². The number of para-hydroxylation sites is 1. The van der Waals surface area contributed by atoms with Crippen molar-refractivity contribution in [1.82, 2.24) is 4.90 Å². The molecular weight excluding hydrogens is 284 g/mol. The second-order valence-corrected chi connectivity index (χ2v) is 7.09. The summed E-state index contributed by atoms with van der Waals surface area (Å²) in [5.41, 5.74) is 3.51. The second kappa shape index (κ2) is 8.49. The second-order valence-electron chi connectivity index (χ2n) is 7.09. The van der Waals surface area contributed by atoms with Crippen LogP contribution >= 0.6 is 0 Å². The van der Waals surface area contributed by atoms with Gasteiger partial charge in [0.2, 0.25) is 5.91 Å². The Bertz CT molecular complexity index is 498. The highest BCUT2D eigenvalue weighted by atomic mass is 16.2. The molecule has 0 unspecified atom stereocenters. The zero-order valence-electron chi connectivity index (χ0n) is 15.2. The Labute approximate surface area is 141 Å². The Kier molecular flexibility index (Phi) is 6.64. The maximum Gasteiger partial charge on any atom is 0.238 e. The fraction of sp³-hybridized carbons (Fsp3) is 0.650. The van der Waals surface area contributed by atoms with Gasteiger partial charge in [-0.05, 0) is 55.7 Å². The molecule has 1 aliphatic carbocycles. The number of rotatable bonds is 9. The van der Waals surface area contributed by atoms with E-state index in [1.165, 1.54) is 24.0 Å². The molecule has 0 radical (unpaired) electrons. The van der Waals surface area contributed by atoms with Crippen LogP contribution in [0.1, 0.15) is 58.1 Å². The lowest BCUT2D eigenvalue weighted by molar-refractivity contribution is -0.117. The molecule has 0 saturated heterocycles. The van der Waals surface area contributed by atoms with Crippen LogP contribution in [0.2, 0.25) is 0 Å². The van der Waals surface area contributed by atoms with Gasteiger partial charge in [-0.2, -0.15) is 0 Å². The van der Waals surface area contributed by atoms with Crippen LogP contribution in [0.25, 0.3) is 0 Å². The first kappa shape index (κ1) is 18.0. The van der Waals surface area contributed by atoms with E-state index in [4.69, 9.17) is 0 Å². The summed E-state index contributed by atoms with van der Waals surface area (Å²) in [5, 5.41) is 3.20. The fourth-order valence-corrected chi connectivity index (χ4v) is 3.02. The molecule has 3 nitrogen and oxygen atoms in total. The van der Waals surface area contributed by atoms with Crippen LogP contribution in [0.4, 0.5) is 5.69 Å². The van der Waals surface area contributed by atoms with Gasteiger partial charge in [-0.3, -0.25) is 9.69 Å². The number of carbonyl (C=O) groups excluding carboxylic acids is 1. The highest BCUT2D eigenvalue weighted by molar-refractivity contribution is 5.93. The van der Waals surface area contributed by atoms with E-state index in [-0.39, 0.29) is 5.91 Å². The van der Waals surface area contributed by atoms with E-state index in [0.29, 0.717) is 18.5 Å². The SMILES string of the molecule is CCc1cccc(CC)c1NC(=O)CN(CCC(C)C)C1CC1. The van der Waals surface area contributed by atoms with Crippen LogP contribution in [0, 0.1) is 5.92 Å². The van der Waals surface area contributed by atoms with Crippen molar-refractivity contribution in [2.45, 2.75) is 65.8 Å². The monoisotopic (exact) mass is 316 g/mol. The number of carbonyl (C=O) groups is 1. The third-order valence-electron chi connectivity index (χ3n) is 4.67. The molecule has 23 heavy (non-hydrogen) atoms. The predicted octanol–water partition coefficient (Wildman–Crippen LogP) is 4.26. The molecule has 1 amide bonds. The van der Waals surface area contributed by atoms with Crippen molar-refractivity contribution in [3.63, 3.8) is 0 Å². The van der Waals surface area contributed by atoms with Crippen LogP contribution in [-0.2, 0) is 17.6 Å². The number of aryl methyl sites for hydroxylation is 2. The van der Waals surface area contributed by atoms with Crippen molar-refractivity contribution in [3.8, 4) is 0 Å². The summed E-state index contributed by atoms with van der Waals surface area (Å²) >= 11 is 0. The minimum Gasteiger partial charge on any atom is -0.324 e. The first-order valence-electron chi connectivity index (χ1n) is 9.19. The Morgan fingerprint density at radius 3 is 2.30 bits per heavy atom. The smallest absolute Gasteiger partial charge is 0.238 e. The molecule has 128 valence electrons. The lowest BCUT2D eigenvalue weighted by atomic mass is 10.0. The lowest BCUT2D eigenvalue weighted by Gasteiger charge is -2.23. The molecule has 0 atom stereocenters. The molecule has 1 aromatic carbocycles. The van der Waals surface area contributed by atoms with Crippen LogP contribution in [0.15, 0.2) is 18.2 Å². The Morgan fingerprint density at radius 1 is 1.22 bits per heavy atom. The van der Waals surface area contributed by atoms with Crippen molar-refractivity contribution < 1.29 is 4.79 Å². The molecule has 1 saturated carbocycles. The summed E-state index contributed by atoms with van der Waals surface area (Å²) < 4.78 is 0. The molecular formula is C20H32N2O. The quantitative estimate of drug-likeness (QED) is 0.738. The summed E-state index contributed by atoms with van der Waals surface area (Å²) in [5.74, 6) is 0.822. The van der Waals surface area contributed by atoms with Gasteiger partial charge in [0, 0.05) is 11.7 Å². The molecule has 3 heteroatoms. The third-order valence-corrected chi connectivity index (χ3v) is 4.67. The molecule has 0 heterocycles. The van der Waals surface area contributed by atoms with Gasteiger partial charge in [-0.25, -0.2) is 0 Å². The zero-order chi connectivity index (χ0) is 16.8. The van der Waals surface area contributed by atoms with Crippen molar-refractivity contribution in [2.75, 3.05) is 18.4 Å². The van der Waals surface area contributed by atoms with Crippen LogP contribution in [0.3, 0.4) is 0 Å². The van der Waals surface area contributed by atoms with Gasteiger partial charge >= 0.3 is 0 Å². The lowest BCUT2D eigenvalue weighted by Crippen LogP contribution is -2.36. The van der Waals surface area contributed by atoms with Gasteiger partial charge in [-0.15, -0.1) is 0 Å². The number of amides is 1. The number of nitrogens with one attached hydrogen (secondary N) is 1. The molecule has 0 aromatic heterocycles. The summed E-state index contributed by atoms with van der Waals surface area (Å²) in [4.78, 5) is 15.0. The van der Waals surface area contributed by atoms with Crippen molar-refractivity contribution >= 4 is 11.6 Å². The van der Waals surface area contributed by atoms with Crippen LogP contribution in [0.5, 0.6) is 0 Å². The molecule has 1 N–H and O–H groups in total. The highest BCUT2D eigenvalue weighted by Crippen LogP contribution is 2.28. The van der Waals surface area contributed by atoms with E-state index in [9.17, 15) is 4.79 Å². The minimum absolute atomic E-state index is 0.135. The predicted molar refractivity (Wildman–Crippen MR) is 97.9 cm³/mol. The van der Waals surface area contributed by atoms with E-state index in [1.54, 1.807) is 0 Å². The largest absolute Gasteiger partial charge is 0.324 e. The van der Waals surface area contributed by atoms with Gasteiger partial charge in [0.25, 0.3) is 0 Å². The van der Waals surface area contributed by atoms with Crippen molar-refractivity contribution in [2.24, 2.45) is 5.92 Å². The van der Waals surface area contributed by atoms with E-state index >= 15 is 0 Å².